The topological polar surface area (TPSA) is 68.3 Å². The highest BCUT2D eigenvalue weighted by atomic mass is 16.5. The molecule has 1 fully saturated rings. The zero-order valence-corrected chi connectivity index (χ0v) is 17.5. The minimum absolute atomic E-state index is 0.0161. The van der Waals surface area contributed by atoms with Crippen molar-refractivity contribution in [2.45, 2.75) is 12.8 Å². The number of hydrogen-bond acceptors (Lipinski definition) is 5. The third-order valence-corrected chi connectivity index (χ3v) is 5.12. The molecule has 1 aliphatic rings. The fourth-order valence-corrected chi connectivity index (χ4v) is 3.32. The van der Waals surface area contributed by atoms with E-state index in [0.717, 1.165) is 17.2 Å². The molecule has 1 saturated heterocycles. The van der Waals surface area contributed by atoms with Gasteiger partial charge in [0.2, 0.25) is 5.91 Å². The van der Waals surface area contributed by atoms with Crippen LogP contribution in [0.3, 0.4) is 0 Å². The second kappa shape index (κ2) is 10.5. The number of ether oxygens (including phenoxy) is 3. The molecule has 1 aliphatic heterocycles. The first-order valence-corrected chi connectivity index (χ1v) is 10.1. The lowest BCUT2D eigenvalue weighted by Gasteiger charge is -2.35. The van der Waals surface area contributed by atoms with Crippen molar-refractivity contribution in [2.75, 3.05) is 47.0 Å². The first kappa shape index (κ1) is 21.5. The standard InChI is InChI=1S/C23H28N2O5/c1-28-19-7-5-18(6-8-19)23(27)25-15-13-24(14-16-25)22(26)4-3-17-30-21-11-9-20(29-2)10-12-21/h5-12H,3-4,13-17H2,1-2H3. The highest BCUT2D eigenvalue weighted by Crippen LogP contribution is 2.18. The van der Waals surface area contributed by atoms with Crippen LogP contribution in [0.4, 0.5) is 0 Å². The van der Waals surface area contributed by atoms with E-state index >= 15 is 0 Å². The van der Waals surface area contributed by atoms with Crippen LogP contribution in [0.1, 0.15) is 23.2 Å². The van der Waals surface area contributed by atoms with E-state index in [4.69, 9.17) is 14.2 Å². The molecule has 0 aromatic heterocycles. The van der Waals surface area contributed by atoms with Gasteiger partial charge in [-0.3, -0.25) is 9.59 Å². The summed E-state index contributed by atoms with van der Waals surface area (Å²) in [6.45, 7) is 2.67. The van der Waals surface area contributed by atoms with Gasteiger partial charge in [0.25, 0.3) is 5.91 Å². The van der Waals surface area contributed by atoms with Gasteiger partial charge >= 0.3 is 0 Å². The van der Waals surface area contributed by atoms with E-state index in [9.17, 15) is 9.59 Å². The van der Waals surface area contributed by atoms with E-state index in [1.807, 2.05) is 29.2 Å². The van der Waals surface area contributed by atoms with Gasteiger partial charge in [-0.05, 0) is 55.0 Å². The zero-order valence-electron chi connectivity index (χ0n) is 17.5. The van der Waals surface area contributed by atoms with Crippen LogP contribution in [-0.2, 0) is 4.79 Å². The highest BCUT2D eigenvalue weighted by Gasteiger charge is 2.24. The lowest BCUT2D eigenvalue weighted by molar-refractivity contribution is -0.132. The Bertz CT molecular complexity index is 828. The Hall–Kier alpha value is -3.22. The SMILES string of the molecule is COc1ccc(OCCCC(=O)N2CCN(C(=O)c3ccc(OC)cc3)CC2)cc1. The Balaban J connectivity index is 1.37. The number of hydrogen-bond donors (Lipinski definition) is 0. The van der Waals surface area contributed by atoms with E-state index < -0.39 is 0 Å². The molecule has 160 valence electrons. The predicted molar refractivity (Wildman–Crippen MR) is 113 cm³/mol. The number of benzene rings is 2. The van der Waals surface area contributed by atoms with Crippen molar-refractivity contribution >= 4 is 11.8 Å². The molecule has 0 radical (unpaired) electrons. The third-order valence-electron chi connectivity index (χ3n) is 5.12. The maximum absolute atomic E-state index is 12.6. The van der Waals surface area contributed by atoms with Gasteiger partial charge in [0.15, 0.2) is 0 Å². The smallest absolute Gasteiger partial charge is 0.253 e. The largest absolute Gasteiger partial charge is 0.497 e. The van der Waals surface area contributed by atoms with Crippen LogP contribution in [0, 0.1) is 0 Å². The fourth-order valence-electron chi connectivity index (χ4n) is 3.32. The van der Waals surface area contributed by atoms with Crippen LogP contribution in [-0.4, -0.2) is 68.6 Å². The quantitative estimate of drug-likeness (QED) is 0.624. The van der Waals surface area contributed by atoms with Crippen LogP contribution in [0.2, 0.25) is 0 Å². The molecule has 7 nitrogen and oxygen atoms in total. The normalized spacial score (nSPS) is 13.7. The van der Waals surface area contributed by atoms with Crippen molar-refractivity contribution in [3.63, 3.8) is 0 Å². The second-order valence-electron chi connectivity index (χ2n) is 7.03. The van der Waals surface area contributed by atoms with Crippen LogP contribution < -0.4 is 14.2 Å². The molecule has 2 aromatic carbocycles. The molecule has 0 unspecified atom stereocenters. The molecule has 30 heavy (non-hydrogen) atoms. The summed E-state index contributed by atoms with van der Waals surface area (Å²) in [5, 5.41) is 0. The number of methoxy groups -OCH3 is 2. The van der Waals surface area contributed by atoms with Crippen LogP contribution >= 0.6 is 0 Å². The lowest BCUT2D eigenvalue weighted by atomic mass is 10.1. The molecule has 3 rings (SSSR count). The third kappa shape index (κ3) is 5.65. The molecule has 1 heterocycles. The summed E-state index contributed by atoms with van der Waals surface area (Å²) >= 11 is 0. The van der Waals surface area contributed by atoms with Gasteiger partial charge in [-0.25, -0.2) is 0 Å². The molecule has 2 amide bonds. The Labute approximate surface area is 177 Å². The summed E-state index contributed by atoms with van der Waals surface area (Å²) in [4.78, 5) is 28.7. The van der Waals surface area contributed by atoms with Crippen LogP contribution in [0.15, 0.2) is 48.5 Å². The Morgan fingerprint density at radius 2 is 1.27 bits per heavy atom. The summed E-state index contributed by atoms with van der Waals surface area (Å²) in [5.74, 6) is 2.34. The first-order chi connectivity index (χ1) is 14.6. The maximum atomic E-state index is 12.6. The molecule has 0 N–H and O–H groups in total. The maximum Gasteiger partial charge on any atom is 0.253 e. The first-order valence-electron chi connectivity index (χ1n) is 10.1. The van der Waals surface area contributed by atoms with Gasteiger partial charge in [0.1, 0.15) is 17.2 Å². The number of rotatable bonds is 8. The summed E-state index contributed by atoms with van der Waals surface area (Å²) in [6.07, 6.45) is 1.08. The number of carbonyl (C=O) groups excluding carboxylic acids is 2. The van der Waals surface area contributed by atoms with Crippen LogP contribution in [0.25, 0.3) is 0 Å². The van der Waals surface area contributed by atoms with E-state index in [0.29, 0.717) is 51.2 Å². The molecule has 0 spiro atoms. The predicted octanol–water partition coefficient (Wildman–Crippen LogP) is 2.85. The second-order valence-corrected chi connectivity index (χ2v) is 7.03. The van der Waals surface area contributed by atoms with Gasteiger partial charge in [-0.1, -0.05) is 0 Å². The zero-order chi connectivity index (χ0) is 21.3. The average molecular weight is 412 g/mol. The Morgan fingerprint density at radius 3 is 1.83 bits per heavy atom. The monoisotopic (exact) mass is 412 g/mol. The molecule has 2 aromatic rings. The van der Waals surface area contributed by atoms with E-state index in [2.05, 4.69) is 0 Å². The van der Waals surface area contributed by atoms with Gasteiger partial charge in [0.05, 0.1) is 20.8 Å². The van der Waals surface area contributed by atoms with E-state index in [1.165, 1.54) is 0 Å². The fraction of sp³-hybridized carbons (Fsp3) is 0.391. The van der Waals surface area contributed by atoms with Gasteiger partial charge in [-0.2, -0.15) is 0 Å². The Kier molecular flexibility index (Phi) is 7.54. The van der Waals surface area contributed by atoms with Gasteiger partial charge in [-0.15, -0.1) is 0 Å². The van der Waals surface area contributed by atoms with Crippen molar-refractivity contribution in [3.8, 4) is 17.2 Å². The van der Waals surface area contributed by atoms with Crippen molar-refractivity contribution in [2.24, 2.45) is 0 Å². The molecule has 0 atom stereocenters. The molecule has 7 heteroatoms. The molecular weight excluding hydrogens is 384 g/mol. The highest BCUT2D eigenvalue weighted by molar-refractivity contribution is 5.94. The summed E-state index contributed by atoms with van der Waals surface area (Å²) in [5.41, 5.74) is 0.631. The average Bonchev–Trinajstić information content (AvgIpc) is 2.81. The number of piperazine rings is 1. The summed E-state index contributed by atoms with van der Waals surface area (Å²) in [7, 11) is 3.22. The number of nitrogens with zero attached hydrogens (tertiary/aromatic N) is 2. The molecule has 0 bridgehead atoms. The Morgan fingerprint density at radius 1 is 0.767 bits per heavy atom. The lowest BCUT2D eigenvalue weighted by Crippen LogP contribution is -2.50. The van der Waals surface area contributed by atoms with Crippen molar-refractivity contribution in [1.29, 1.82) is 0 Å². The van der Waals surface area contributed by atoms with Crippen molar-refractivity contribution in [1.82, 2.24) is 9.80 Å². The number of amides is 2. The molecular formula is C23H28N2O5. The summed E-state index contributed by atoms with van der Waals surface area (Å²) < 4.78 is 15.9. The van der Waals surface area contributed by atoms with E-state index in [-0.39, 0.29) is 11.8 Å². The molecule has 0 aliphatic carbocycles. The van der Waals surface area contributed by atoms with Crippen molar-refractivity contribution in [3.05, 3.63) is 54.1 Å². The minimum atomic E-state index is -0.0161. The minimum Gasteiger partial charge on any atom is -0.497 e. The van der Waals surface area contributed by atoms with Gasteiger partial charge < -0.3 is 24.0 Å². The molecule has 0 saturated carbocycles. The summed E-state index contributed by atoms with van der Waals surface area (Å²) in [6, 6.07) is 14.5. The van der Waals surface area contributed by atoms with E-state index in [1.54, 1.807) is 43.4 Å². The van der Waals surface area contributed by atoms with Crippen LogP contribution in [0.5, 0.6) is 17.2 Å². The number of carbonyl (C=O) groups is 2. The van der Waals surface area contributed by atoms with Gasteiger partial charge in [0, 0.05) is 38.2 Å². The van der Waals surface area contributed by atoms with Crippen molar-refractivity contribution < 1.29 is 23.8 Å².